The summed E-state index contributed by atoms with van der Waals surface area (Å²) < 4.78 is 27.6. The van der Waals surface area contributed by atoms with Crippen LogP contribution in [0.25, 0.3) is 0 Å². The summed E-state index contributed by atoms with van der Waals surface area (Å²) in [5.41, 5.74) is 5.87. The van der Waals surface area contributed by atoms with Crippen LogP contribution in [0.4, 0.5) is 5.69 Å². The average Bonchev–Trinajstić information content (AvgIpc) is 2.30. The van der Waals surface area contributed by atoms with Crippen LogP contribution in [-0.2, 0) is 10.0 Å². The minimum absolute atomic E-state index is 0.0177. The number of nitrogens with one attached hydrogen (secondary N) is 1. The Balaban J connectivity index is 3.00. The molecule has 108 valence electrons. The first-order chi connectivity index (χ1) is 8.76. The van der Waals surface area contributed by atoms with Crippen molar-refractivity contribution in [1.29, 1.82) is 0 Å². The minimum atomic E-state index is -3.74. The van der Waals surface area contributed by atoms with Gasteiger partial charge in [0.25, 0.3) is 0 Å². The van der Waals surface area contributed by atoms with Gasteiger partial charge in [-0.1, -0.05) is 29.8 Å². The maximum absolute atomic E-state index is 12.2. The molecule has 0 spiro atoms. The lowest BCUT2D eigenvalue weighted by Crippen LogP contribution is -2.38. The number of hydrogen-bond acceptors (Lipinski definition) is 4. The Labute approximate surface area is 122 Å². The molecule has 4 N–H and O–H groups in total. The first kappa shape index (κ1) is 16.4. The third-order valence-corrected chi connectivity index (χ3v) is 4.63. The number of rotatable bonds is 6. The molecule has 0 saturated heterocycles. The molecule has 1 aromatic rings. The fraction of sp³-hybridized carbons (Fsp3) is 0.500. The van der Waals surface area contributed by atoms with Gasteiger partial charge >= 0.3 is 0 Å². The Hall–Kier alpha value is -0.630. The maximum atomic E-state index is 12.2. The molecule has 0 saturated carbocycles. The normalized spacial score (nSPS) is 13.7. The van der Waals surface area contributed by atoms with Gasteiger partial charge in [-0.2, -0.15) is 0 Å². The van der Waals surface area contributed by atoms with E-state index < -0.39 is 16.1 Å². The molecule has 7 heteroatoms. The summed E-state index contributed by atoms with van der Waals surface area (Å²) in [4.78, 5) is 0.0177. The van der Waals surface area contributed by atoms with Gasteiger partial charge in [0.1, 0.15) is 4.90 Å². The van der Waals surface area contributed by atoms with Gasteiger partial charge in [0.15, 0.2) is 0 Å². The van der Waals surface area contributed by atoms with Crippen LogP contribution in [0.2, 0.25) is 0 Å². The molecular formula is C12H19BrN2O3S. The number of benzene rings is 1. The molecule has 1 aromatic carbocycles. The Kier molecular flexibility index (Phi) is 5.79. The number of halogens is 1. The molecule has 1 unspecified atom stereocenters. The van der Waals surface area contributed by atoms with E-state index in [0.29, 0.717) is 10.9 Å². The zero-order valence-electron chi connectivity index (χ0n) is 10.9. The van der Waals surface area contributed by atoms with E-state index in [-0.39, 0.29) is 23.1 Å². The molecule has 0 aliphatic rings. The Morgan fingerprint density at radius 3 is 2.58 bits per heavy atom. The summed E-state index contributed by atoms with van der Waals surface area (Å²) in [6.07, 6.45) is 0.559. The number of aliphatic hydroxyl groups excluding tert-OH is 1. The summed E-state index contributed by atoms with van der Waals surface area (Å²) in [7, 11) is -3.74. The summed E-state index contributed by atoms with van der Waals surface area (Å²) in [5, 5.41) is 9.24. The van der Waals surface area contributed by atoms with Crippen molar-refractivity contribution in [2.75, 3.05) is 12.3 Å². The predicted molar refractivity (Wildman–Crippen MR) is 79.2 cm³/mol. The second kappa shape index (κ2) is 6.69. The third-order valence-electron chi connectivity index (χ3n) is 2.56. The van der Waals surface area contributed by atoms with Crippen LogP contribution >= 0.6 is 15.9 Å². The van der Waals surface area contributed by atoms with Crippen molar-refractivity contribution in [1.82, 2.24) is 4.72 Å². The number of nitrogen functional groups attached to an aromatic ring is 1. The molecular weight excluding hydrogens is 332 g/mol. The summed E-state index contributed by atoms with van der Waals surface area (Å²) in [5.74, 6) is 0.278. The third kappa shape index (κ3) is 4.76. The van der Waals surface area contributed by atoms with Crippen molar-refractivity contribution in [3.8, 4) is 0 Å². The molecule has 0 aromatic heterocycles. The van der Waals surface area contributed by atoms with Crippen LogP contribution in [0.5, 0.6) is 0 Å². The highest BCUT2D eigenvalue weighted by atomic mass is 79.9. The highest BCUT2D eigenvalue weighted by Gasteiger charge is 2.22. The fourth-order valence-electron chi connectivity index (χ4n) is 1.75. The van der Waals surface area contributed by atoms with E-state index in [1.54, 1.807) is 6.07 Å². The van der Waals surface area contributed by atoms with Gasteiger partial charge in [-0.05, 0) is 30.5 Å². The number of aliphatic hydroxyl groups is 1. The highest BCUT2D eigenvalue weighted by molar-refractivity contribution is 9.10. The van der Waals surface area contributed by atoms with Crippen molar-refractivity contribution >= 4 is 31.6 Å². The summed E-state index contributed by atoms with van der Waals surface area (Å²) in [6, 6.07) is 4.13. The van der Waals surface area contributed by atoms with Gasteiger partial charge in [0.2, 0.25) is 10.0 Å². The van der Waals surface area contributed by atoms with Crippen molar-refractivity contribution in [3.63, 3.8) is 0 Å². The van der Waals surface area contributed by atoms with E-state index in [1.165, 1.54) is 12.1 Å². The monoisotopic (exact) mass is 350 g/mol. The van der Waals surface area contributed by atoms with E-state index in [2.05, 4.69) is 20.7 Å². The Morgan fingerprint density at radius 2 is 2.05 bits per heavy atom. The van der Waals surface area contributed by atoms with Crippen molar-refractivity contribution in [2.45, 2.75) is 31.2 Å². The molecule has 5 nitrogen and oxygen atoms in total. The van der Waals surface area contributed by atoms with Gasteiger partial charge in [-0.3, -0.25) is 0 Å². The van der Waals surface area contributed by atoms with E-state index in [4.69, 9.17) is 5.73 Å². The molecule has 0 fully saturated rings. The fourth-order valence-corrected chi connectivity index (χ4v) is 3.66. The van der Waals surface area contributed by atoms with Crippen molar-refractivity contribution in [3.05, 3.63) is 22.7 Å². The van der Waals surface area contributed by atoms with Crippen LogP contribution < -0.4 is 10.5 Å². The molecule has 0 aliphatic carbocycles. The Bertz CT molecular complexity index is 532. The van der Waals surface area contributed by atoms with Crippen LogP contribution in [-0.4, -0.2) is 26.2 Å². The molecule has 1 rings (SSSR count). The summed E-state index contributed by atoms with van der Waals surface area (Å²) >= 11 is 3.22. The molecule has 0 amide bonds. The highest BCUT2D eigenvalue weighted by Crippen LogP contribution is 2.23. The molecule has 19 heavy (non-hydrogen) atoms. The van der Waals surface area contributed by atoms with E-state index in [0.717, 1.165) is 0 Å². The quantitative estimate of drug-likeness (QED) is 0.681. The van der Waals surface area contributed by atoms with Crippen molar-refractivity contribution < 1.29 is 13.5 Å². The predicted octanol–water partition coefficient (Wildman–Crippen LogP) is 1.72. The van der Waals surface area contributed by atoms with Gasteiger partial charge in [0, 0.05) is 10.5 Å². The van der Waals surface area contributed by atoms with Crippen LogP contribution in [0, 0.1) is 5.92 Å². The van der Waals surface area contributed by atoms with Gasteiger partial charge in [-0.25, -0.2) is 13.1 Å². The molecule has 0 radical (unpaired) electrons. The van der Waals surface area contributed by atoms with Crippen LogP contribution in [0.3, 0.4) is 0 Å². The average molecular weight is 351 g/mol. The van der Waals surface area contributed by atoms with E-state index >= 15 is 0 Å². The van der Waals surface area contributed by atoms with Crippen LogP contribution in [0.1, 0.15) is 20.3 Å². The van der Waals surface area contributed by atoms with E-state index in [1.807, 2.05) is 13.8 Å². The molecule has 0 heterocycles. The topological polar surface area (TPSA) is 92.4 Å². The lowest BCUT2D eigenvalue weighted by Gasteiger charge is -2.19. The maximum Gasteiger partial charge on any atom is 0.242 e. The number of sulfonamides is 1. The smallest absolute Gasteiger partial charge is 0.242 e. The largest absolute Gasteiger partial charge is 0.398 e. The van der Waals surface area contributed by atoms with Gasteiger partial charge < -0.3 is 10.8 Å². The van der Waals surface area contributed by atoms with Crippen molar-refractivity contribution in [2.24, 2.45) is 5.92 Å². The number of nitrogens with two attached hydrogens (primary N) is 1. The van der Waals surface area contributed by atoms with E-state index in [9.17, 15) is 13.5 Å². The Morgan fingerprint density at radius 1 is 1.42 bits per heavy atom. The lowest BCUT2D eigenvalue weighted by molar-refractivity contribution is 0.240. The second-order valence-electron chi connectivity index (χ2n) is 4.81. The first-order valence-corrected chi connectivity index (χ1v) is 8.22. The zero-order chi connectivity index (χ0) is 14.6. The molecule has 0 bridgehead atoms. The molecule has 1 atom stereocenters. The van der Waals surface area contributed by atoms with Gasteiger partial charge in [-0.15, -0.1) is 0 Å². The number of anilines is 1. The lowest BCUT2D eigenvalue weighted by atomic mass is 10.1. The van der Waals surface area contributed by atoms with Crippen LogP contribution in [0.15, 0.2) is 27.6 Å². The minimum Gasteiger partial charge on any atom is -0.398 e. The summed E-state index contributed by atoms with van der Waals surface area (Å²) in [6.45, 7) is 3.68. The number of hydrogen-bond donors (Lipinski definition) is 3. The second-order valence-corrected chi connectivity index (χ2v) is 7.41. The molecule has 0 aliphatic heterocycles. The standard InChI is InChI=1S/C12H19BrN2O3S/c1-8(2)5-10(7-16)15-19(17,18)12-6-9(13)3-4-11(12)14/h3-4,6,8,10,15-16H,5,7,14H2,1-2H3. The SMILES string of the molecule is CC(C)CC(CO)NS(=O)(=O)c1cc(Br)ccc1N. The first-order valence-electron chi connectivity index (χ1n) is 5.94. The zero-order valence-corrected chi connectivity index (χ0v) is 13.3. The van der Waals surface area contributed by atoms with Gasteiger partial charge in [0.05, 0.1) is 12.3 Å².